The summed E-state index contributed by atoms with van der Waals surface area (Å²) in [4.78, 5) is 0. The van der Waals surface area contributed by atoms with Gasteiger partial charge in [0.05, 0.1) is 39.0 Å². The van der Waals surface area contributed by atoms with Crippen LogP contribution in [-0.2, 0) is 23.1 Å². The molecule has 0 bridgehead atoms. The zero-order chi connectivity index (χ0) is 16.1. The van der Waals surface area contributed by atoms with Crippen molar-refractivity contribution in [3.63, 3.8) is 0 Å². The summed E-state index contributed by atoms with van der Waals surface area (Å²) in [5.74, 6) is 1.60. The minimum atomic E-state index is -0.404. The Bertz CT molecular complexity index is 376. The first-order valence-electron chi connectivity index (χ1n) is 6.83. The molecule has 7 heteroatoms. The predicted molar refractivity (Wildman–Crippen MR) is 90.2 cm³/mol. The quantitative estimate of drug-likeness (QED) is 0.444. The van der Waals surface area contributed by atoms with E-state index in [9.17, 15) is 0 Å². The second-order valence-corrected chi connectivity index (χ2v) is 6.66. The first-order chi connectivity index (χ1) is 10.1. The van der Waals surface area contributed by atoms with Gasteiger partial charge in [0.25, 0.3) is 18.8 Å². The van der Waals surface area contributed by atoms with Crippen LogP contribution in [0.15, 0.2) is 23.7 Å². The average Bonchev–Trinajstić information content (AvgIpc) is 2.47. The summed E-state index contributed by atoms with van der Waals surface area (Å²) in [5.41, 5.74) is 0. The van der Waals surface area contributed by atoms with Gasteiger partial charge in [0.15, 0.2) is 0 Å². The molecule has 0 aromatic heterocycles. The molecule has 0 unspecified atom stereocenters. The lowest BCUT2D eigenvalue weighted by Gasteiger charge is -2.07. The van der Waals surface area contributed by atoms with Gasteiger partial charge in [-0.15, -0.1) is 0 Å². The van der Waals surface area contributed by atoms with Crippen molar-refractivity contribution in [1.82, 2.24) is 0 Å². The smallest absolute Gasteiger partial charge is 0.253 e. The Hall–Kier alpha value is -1.35. The maximum atomic E-state index is 5.80. The molecule has 0 fully saturated rings. The van der Waals surface area contributed by atoms with Crippen LogP contribution in [0.5, 0.6) is 0 Å². The Kier molecular flexibility index (Phi) is 11.6. The van der Waals surface area contributed by atoms with Crippen molar-refractivity contribution in [3.05, 3.63) is 23.7 Å². The molecule has 0 radical (unpaired) electrons. The Labute approximate surface area is 132 Å². The summed E-state index contributed by atoms with van der Waals surface area (Å²) < 4.78 is 27.2. The van der Waals surface area contributed by atoms with Gasteiger partial charge in [-0.2, -0.15) is 0 Å². The van der Waals surface area contributed by atoms with E-state index in [2.05, 4.69) is 0 Å². The molecule has 0 aromatic carbocycles. The monoisotopic (exact) mass is 330 g/mol. The van der Waals surface area contributed by atoms with Crippen LogP contribution in [0.4, 0.5) is 0 Å². The molecule has 0 amide bonds. The molecule has 0 heterocycles. The van der Waals surface area contributed by atoms with E-state index in [0.29, 0.717) is 13.2 Å². The molecule has 0 saturated heterocycles. The number of ether oxygens (including phenoxy) is 4. The van der Waals surface area contributed by atoms with Crippen molar-refractivity contribution in [1.29, 1.82) is 0 Å². The fourth-order valence-electron chi connectivity index (χ4n) is 1.24. The van der Waals surface area contributed by atoms with Crippen LogP contribution in [0.3, 0.4) is 0 Å². The molecule has 0 atom stereocenters. The van der Waals surface area contributed by atoms with Gasteiger partial charge in [0, 0.05) is 12.2 Å². The number of hydrogen-bond donors (Lipinski definition) is 0. The van der Waals surface area contributed by atoms with Crippen LogP contribution in [-0.4, -0.2) is 56.9 Å². The third-order valence-electron chi connectivity index (χ3n) is 2.33. The standard InChI is InChI=1S/C14H26O5Si2/c1-7-17-13(9-11(3)15-5)20-19-21-14(18-8-2)10-12(4)16-6/h9-10,20-21H,7-8H2,1-6H3. The highest BCUT2D eigenvalue weighted by molar-refractivity contribution is 6.60. The Morgan fingerprint density at radius 1 is 0.810 bits per heavy atom. The van der Waals surface area contributed by atoms with Crippen LogP contribution in [0.2, 0.25) is 0 Å². The van der Waals surface area contributed by atoms with Gasteiger partial charge >= 0.3 is 0 Å². The highest BCUT2D eigenvalue weighted by Gasteiger charge is 1.98. The van der Waals surface area contributed by atoms with Crippen LogP contribution in [0.1, 0.15) is 27.7 Å². The van der Waals surface area contributed by atoms with Gasteiger partial charge in [-0.05, 0) is 27.7 Å². The summed E-state index contributed by atoms with van der Waals surface area (Å²) in [5, 5.41) is 1.65. The second kappa shape index (κ2) is 12.4. The molecule has 120 valence electrons. The Balaban J connectivity index is 4.93. The molecular weight excluding hydrogens is 304 g/mol. The largest absolute Gasteiger partial charge is 0.579 e. The summed E-state index contributed by atoms with van der Waals surface area (Å²) in [6.45, 7) is 8.88. The maximum Gasteiger partial charge on any atom is 0.253 e. The van der Waals surface area contributed by atoms with E-state index in [1.165, 1.54) is 0 Å². The van der Waals surface area contributed by atoms with E-state index in [1.54, 1.807) is 14.2 Å². The zero-order valence-electron chi connectivity index (χ0n) is 13.8. The topological polar surface area (TPSA) is 46.2 Å². The molecule has 0 rings (SSSR count). The highest BCUT2D eigenvalue weighted by Crippen LogP contribution is 1.95. The molecule has 0 saturated carbocycles. The van der Waals surface area contributed by atoms with E-state index >= 15 is 0 Å². The average molecular weight is 331 g/mol. The van der Waals surface area contributed by atoms with Crippen molar-refractivity contribution in [2.75, 3.05) is 27.4 Å². The fourth-order valence-corrected chi connectivity index (χ4v) is 3.66. The van der Waals surface area contributed by atoms with Crippen molar-refractivity contribution >= 4 is 29.5 Å². The van der Waals surface area contributed by atoms with Gasteiger partial charge in [-0.25, -0.2) is 0 Å². The van der Waals surface area contributed by atoms with Gasteiger partial charge in [0.1, 0.15) is 10.7 Å². The summed E-state index contributed by atoms with van der Waals surface area (Å²) in [7, 11) is 2.46. The van der Waals surface area contributed by atoms with Crippen molar-refractivity contribution in [2.45, 2.75) is 27.7 Å². The van der Waals surface area contributed by atoms with Gasteiger partial charge in [-0.3, -0.25) is 0 Å². The minimum Gasteiger partial charge on any atom is -0.579 e. The van der Waals surface area contributed by atoms with Gasteiger partial charge < -0.3 is 23.1 Å². The normalized spacial score (nSPS) is 13.8. The second-order valence-electron chi connectivity index (χ2n) is 3.96. The molecule has 0 aliphatic carbocycles. The third-order valence-corrected chi connectivity index (χ3v) is 4.55. The minimum absolute atomic E-state index is 0.404. The molecule has 0 aliphatic rings. The maximum absolute atomic E-state index is 5.80. The number of methoxy groups -OCH3 is 2. The fraction of sp³-hybridized carbons (Fsp3) is 0.571. The van der Waals surface area contributed by atoms with Crippen molar-refractivity contribution in [3.8, 4) is 0 Å². The molecular formula is C14H26O5Si2. The van der Waals surface area contributed by atoms with Crippen molar-refractivity contribution < 1.29 is 23.1 Å². The summed E-state index contributed by atoms with van der Waals surface area (Å²) in [6.07, 6.45) is 3.74. The Morgan fingerprint density at radius 2 is 1.19 bits per heavy atom. The van der Waals surface area contributed by atoms with E-state index < -0.39 is 18.8 Å². The number of allylic oxidation sites excluding steroid dienone is 2. The first kappa shape index (κ1) is 19.7. The molecule has 0 aliphatic heterocycles. The Morgan fingerprint density at radius 3 is 1.48 bits per heavy atom. The lowest BCUT2D eigenvalue weighted by molar-refractivity contribution is 0.290. The third kappa shape index (κ3) is 10.1. The lowest BCUT2D eigenvalue weighted by Crippen LogP contribution is -2.14. The van der Waals surface area contributed by atoms with E-state index in [1.807, 2.05) is 39.8 Å². The van der Waals surface area contributed by atoms with Gasteiger partial charge in [-0.1, -0.05) is 0 Å². The summed E-state index contributed by atoms with van der Waals surface area (Å²) in [6, 6.07) is 0. The zero-order valence-corrected chi connectivity index (χ0v) is 16.1. The summed E-state index contributed by atoms with van der Waals surface area (Å²) >= 11 is 0. The molecule has 0 spiro atoms. The van der Waals surface area contributed by atoms with E-state index in [4.69, 9.17) is 23.1 Å². The van der Waals surface area contributed by atoms with E-state index in [-0.39, 0.29) is 0 Å². The van der Waals surface area contributed by atoms with Crippen LogP contribution >= 0.6 is 0 Å². The predicted octanol–water partition coefficient (Wildman–Crippen LogP) is 1.14. The highest BCUT2D eigenvalue weighted by atomic mass is 28.3. The van der Waals surface area contributed by atoms with Gasteiger partial charge in [0.2, 0.25) is 0 Å². The van der Waals surface area contributed by atoms with Crippen molar-refractivity contribution in [2.24, 2.45) is 0 Å². The molecule has 5 nitrogen and oxygen atoms in total. The number of rotatable bonds is 10. The molecule has 0 N–H and O–H groups in total. The first-order valence-corrected chi connectivity index (χ1v) is 8.93. The lowest BCUT2D eigenvalue weighted by atomic mass is 10.5. The van der Waals surface area contributed by atoms with Crippen LogP contribution < -0.4 is 0 Å². The molecule has 21 heavy (non-hydrogen) atoms. The van der Waals surface area contributed by atoms with Crippen LogP contribution in [0.25, 0.3) is 0 Å². The van der Waals surface area contributed by atoms with Crippen LogP contribution in [0, 0.1) is 0 Å². The molecule has 0 aromatic rings. The van der Waals surface area contributed by atoms with E-state index in [0.717, 1.165) is 22.2 Å². The number of hydrogen-bond acceptors (Lipinski definition) is 5. The SMILES string of the molecule is CCOC(C=C(C)OC)=[SiH]O[SiH]=C(C=C(C)OC)OCC.